The quantitative estimate of drug-likeness (QED) is 0.750. The van der Waals surface area contributed by atoms with Crippen molar-refractivity contribution < 1.29 is 14.4 Å². The summed E-state index contributed by atoms with van der Waals surface area (Å²) in [6.07, 6.45) is 3.26. The SMILES string of the molecule is O=C1CCC(N2Cc3cc(CN4CC5CCC4CNC5)ccc3C2=O)C(=O)N1. The number of nitrogens with one attached hydrogen (secondary N) is 2. The predicted octanol–water partition coefficient (Wildman–Crippen LogP) is 0.631. The molecule has 0 aromatic heterocycles. The average Bonchev–Trinajstić information content (AvgIpc) is 2.84. The van der Waals surface area contributed by atoms with Crippen LogP contribution in [0.1, 0.15) is 47.2 Å². The molecule has 0 spiro atoms. The number of rotatable bonds is 3. The van der Waals surface area contributed by atoms with Crippen molar-refractivity contribution in [2.24, 2.45) is 5.92 Å². The minimum Gasteiger partial charge on any atom is -0.322 e. The number of hydrogen-bond donors (Lipinski definition) is 2. The molecule has 5 aliphatic heterocycles. The molecule has 0 saturated carbocycles. The van der Waals surface area contributed by atoms with Gasteiger partial charge in [0.25, 0.3) is 5.91 Å². The Bertz CT molecular complexity index is 835. The van der Waals surface area contributed by atoms with Crippen molar-refractivity contribution in [1.82, 2.24) is 20.4 Å². The maximum absolute atomic E-state index is 12.8. The number of piperidine rings is 2. The fourth-order valence-corrected chi connectivity index (χ4v) is 5.19. The van der Waals surface area contributed by atoms with E-state index in [0.29, 0.717) is 24.6 Å². The summed E-state index contributed by atoms with van der Waals surface area (Å²) >= 11 is 0. The molecule has 2 bridgehead atoms. The van der Waals surface area contributed by atoms with Gasteiger partial charge >= 0.3 is 0 Å². The summed E-state index contributed by atoms with van der Waals surface area (Å²) in [7, 11) is 0. The second kappa shape index (κ2) is 6.97. The van der Waals surface area contributed by atoms with Gasteiger partial charge in [0.2, 0.25) is 11.8 Å². The molecule has 3 unspecified atom stereocenters. The van der Waals surface area contributed by atoms with Crippen LogP contribution in [0.3, 0.4) is 0 Å². The largest absolute Gasteiger partial charge is 0.322 e. The van der Waals surface area contributed by atoms with Gasteiger partial charge in [-0.05, 0) is 48.9 Å². The zero-order valence-electron chi connectivity index (χ0n) is 15.9. The van der Waals surface area contributed by atoms with Crippen molar-refractivity contribution in [1.29, 1.82) is 0 Å². The Morgan fingerprint density at radius 3 is 2.82 bits per heavy atom. The zero-order valence-corrected chi connectivity index (χ0v) is 15.9. The number of benzene rings is 1. The van der Waals surface area contributed by atoms with Crippen LogP contribution < -0.4 is 10.6 Å². The Morgan fingerprint density at radius 2 is 1.96 bits per heavy atom. The molecule has 1 aromatic carbocycles. The van der Waals surface area contributed by atoms with Crippen LogP contribution in [0.4, 0.5) is 0 Å². The van der Waals surface area contributed by atoms with Gasteiger partial charge in [0.05, 0.1) is 0 Å². The van der Waals surface area contributed by atoms with Crippen LogP contribution in [-0.4, -0.2) is 59.2 Å². The monoisotopic (exact) mass is 382 g/mol. The van der Waals surface area contributed by atoms with E-state index in [-0.39, 0.29) is 24.1 Å². The number of nitrogens with zero attached hydrogens (tertiary/aromatic N) is 2. The molecular weight excluding hydrogens is 356 g/mol. The highest BCUT2D eigenvalue weighted by Gasteiger charge is 2.39. The first-order chi connectivity index (χ1) is 13.6. The summed E-state index contributed by atoms with van der Waals surface area (Å²) in [6.45, 7) is 4.66. The Kier molecular flexibility index (Phi) is 4.44. The lowest BCUT2D eigenvalue weighted by molar-refractivity contribution is -0.136. The van der Waals surface area contributed by atoms with Crippen LogP contribution in [0.15, 0.2) is 18.2 Å². The first kappa shape index (κ1) is 17.8. The summed E-state index contributed by atoms with van der Waals surface area (Å²) in [4.78, 5) is 40.6. The van der Waals surface area contributed by atoms with Gasteiger partial charge in [-0.25, -0.2) is 0 Å². The van der Waals surface area contributed by atoms with Gasteiger partial charge in [-0.3, -0.25) is 24.6 Å². The van der Waals surface area contributed by atoms with Crippen LogP contribution in [0.2, 0.25) is 0 Å². The molecule has 1 aromatic rings. The lowest BCUT2D eigenvalue weighted by Gasteiger charge is -2.36. The molecule has 28 heavy (non-hydrogen) atoms. The van der Waals surface area contributed by atoms with Crippen molar-refractivity contribution in [2.75, 3.05) is 19.6 Å². The smallest absolute Gasteiger partial charge is 0.255 e. The maximum Gasteiger partial charge on any atom is 0.255 e. The third-order valence-corrected chi connectivity index (χ3v) is 6.70. The van der Waals surface area contributed by atoms with Crippen molar-refractivity contribution >= 4 is 17.7 Å². The molecule has 0 radical (unpaired) electrons. The molecule has 2 N–H and O–H groups in total. The van der Waals surface area contributed by atoms with Crippen molar-refractivity contribution in [3.8, 4) is 0 Å². The fourth-order valence-electron chi connectivity index (χ4n) is 5.19. The number of imide groups is 1. The van der Waals surface area contributed by atoms with E-state index < -0.39 is 6.04 Å². The number of carbonyl (C=O) groups is 3. The first-order valence-corrected chi connectivity index (χ1v) is 10.3. The highest BCUT2D eigenvalue weighted by atomic mass is 16.2. The highest BCUT2D eigenvalue weighted by molar-refractivity contribution is 6.05. The summed E-state index contributed by atoms with van der Waals surface area (Å²) < 4.78 is 0. The summed E-state index contributed by atoms with van der Waals surface area (Å²) in [5, 5.41) is 5.92. The maximum atomic E-state index is 12.8. The van der Waals surface area contributed by atoms with Gasteiger partial charge < -0.3 is 10.2 Å². The van der Waals surface area contributed by atoms with Gasteiger partial charge in [0, 0.05) is 44.2 Å². The van der Waals surface area contributed by atoms with E-state index >= 15 is 0 Å². The number of fused-ring (bicyclic) bond motifs is 5. The molecule has 7 nitrogen and oxygen atoms in total. The molecule has 5 heterocycles. The minimum absolute atomic E-state index is 0.103. The molecule has 7 heteroatoms. The summed E-state index contributed by atoms with van der Waals surface area (Å²) in [5.41, 5.74) is 2.90. The van der Waals surface area contributed by atoms with Crippen LogP contribution in [0.25, 0.3) is 0 Å². The van der Waals surface area contributed by atoms with Crippen molar-refractivity contribution in [3.05, 3.63) is 34.9 Å². The minimum atomic E-state index is -0.548. The standard InChI is InChI=1S/C21H26N4O3/c26-19-6-5-18(20(27)23-19)25-12-15-7-13(2-4-17(15)21(25)28)10-24-11-14-1-3-16(24)9-22-8-14/h2,4,7,14,16,18,22H,1,3,5-6,8-12H2,(H,23,26,27). The molecule has 5 aliphatic rings. The van der Waals surface area contributed by atoms with E-state index in [2.05, 4.69) is 27.7 Å². The third-order valence-electron chi connectivity index (χ3n) is 6.70. The molecule has 3 amide bonds. The second-order valence-electron chi connectivity index (χ2n) is 8.58. The van der Waals surface area contributed by atoms with Gasteiger partial charge in [0.15, 0.2) is 0 Å². The first-order valence-electron chi connectivity index (χ1n) is 10.3. The van der Waals surface area contributed by atoms with Gasteiger partial charge in [-0.2, -0.15) is 0 Å². The Labute approximate surface area is 164 Å². The lowest BCUT2D eigenvalue weighted by Crippen LogP contribution is -2.52. The van der Waals surface area contributed by atoms with Crippen LogP contribution >= 0.6 is 0 Å². The van der Waals surface area contributed by atoms with E-state index in [4.69, 9.17) is 0 Å². The fraction of sp³-hybridized carbons (Fsp3) is 0.571. The topological polar surface area (TPSA) is 81.8 Å². The average molecular weight is 382 g/mol. The van der Waals surface area contributed by atoms with Crippen LogP contribution in [0.5, 0.6) is 0 Å². The lowest BCUT2D eigenvalue weighted by atomic mass is 9.94. The second-order valence-corrected chi connectivity index (χ2v) is 8.58. The molecule has 4 saturated heterocycles. The van der Waals surface area contributed by atoms with Crippen molar-refractivity contribution in [3.63, 3.8) is 0 Å². The van der Waals surface area contributed by atoms with Crippen molar-refractivity contribution in [2.45, 2.75) is 50.9 Å². The number of carbonyl (C=O) groups excluding carboxylic acids is 3. The molecule has 0 aliphatic carbocycles. The van der Waals surface area contributed by atoms with Gasteiger partial charge in [-0.15, -0.1) is 0 Å². The van der Waals surface area contributed by atoms with Gasteiger partial charge in [-0.1, -0.05) is 12.1 Å². The summed E-state index contributed by atoms with van der Waals surface area (Å²) in [5.74, 6) is 0.0199. The molecule has 4 fully saturated rings. The number of hydrogen-bond acceptors (Lipinski definition) is 5. The van der Waals surface area contributed by atoms with E-state index in [9.17, 15) is 14.4 Å². The predicted molar refractivity (Wildman–Crippen MR) is 102 cm³/mol. The van der Waals surface area contributed by atoms with E-state index in [1.165, 1.54) is 18.4 Å². The molecular formula is C21H26N4O3. The number of amides is 3. The van der Waals surface area contributed by atoms with Gasteiger partial charge in [0.1, 0.15) is 6.04 Å². The van der Waals surface area contributed by atoms with Crippen LogP contribution in [0, 0.1) is 5.92 Å². The Balaban J connectivity index is 1.32. The Hall–Kier alpha value is -2.25. The molecule has 3 atom stereocenters. The Morgan fingerprint density at radius 1 is 1.07 bits per heavy atom. The molecule has 148 valence electrons. The van der Waals surface area contributed by atoms with Crippen LogP contribution in [-0.2, 0) is 22.7 Å². The zero-order chi connectivity index (χ0) is 19.3. The van der Waals surface area contributed by atoms with E-state index in [1.54, 1.807) is 4.90 Å². The molecule has 6 rings (SSSR count). The summed E-state index contributed by atoms with van der Waals surface area (Å²) in [6, 6.07) is 6.14. The third kappa shape index (κ3) is 3.12. The van der Waals surface area contributed by atoms with E-state index in [1.807, 2.05) is 6.07 Å². The normalized spacial score (nSPS) is 30.4. The van der Waals surface area contributed by atoms with E-state index in [0.717, 1.165) is 37.7 Å². The highest BCUT2D eigenvalue weighted by Crippen LogP contribution is 2.30.